The molecule has 0 unspecified atom stereocenters. The molecule has 0 saturated heterocycles. The van der Waals surface area contributed by atoms with E-state index in [1.807, 2.05) is 0 Å². The van der Waals surface area contributed by atoms with E-state index in [2.05, 4.69) is 19.6 Å². The van der Waals surface area contributed by atoms with Crippen molar-refractivity contribution in [3.63, 3.8) is 0 Å². The molecule has 28 heavy (non-hydrogen) atoms. The molecule has 1 atom stereocenters. The van der Waals surface area contributed by atoms with Crippen LogP contribution in [0.3, 0.4) is 0 Å². The lowest BCUT2D eigenvalue weighted by Gasteiger charge is -2.12. The molecule has 0 amide bonds. The molecular formula is C17H12F4N2O5. The third kappa shape index (κ3) is 4.67. The summed E-state index contributed by atoms with van der Waals surface area (Å²) in [6.07, 6.45) is -4.34. The first kappa shape index (κ1) is 19.4. The van der Waals surface area contributed by atoms with Crippen molar-refractivity contribution in [1.29, 1.82) is 0 Å². The van der Waals surface area contributed by atoms with Gasteiger partial charge in [0.15, 0.2) is 17.7 Å². The molecule has 1 aromatic carbocycles. The fraction of sp³-hybridized carbons (Fsp3) is 0.235. The van der Waals surface area contributed by atoms with Crippen LogP contribution in [0, 0.1) is 5.82 Å². The first-order valence-corrected chi connectivity index (χ1v) is 7.75. The summed E-state index contributed by atoms with van der Waals surface area (Å²) in [5.41, 5.74) is 0.350. The number of carbonyl (C=O) groups is 1. The number of oxime groups is 1. The predicted molar refractivity (Wildman–Crippen MR) is 85.2 cm³/mol. The van der Waals surface area contributed by atoms with Gasteiger partial charge in [0, 0.05) is 0 Å². The summed E-state index contributed by atoms with van der Waals surface area (Å²) in [5.74, 6) is -2.31. The van der Waals surface area contributed by atoms with Crippen LogP contribution in [-0.2, 0) is 9.57 Å². The molecule has 2 heterocycles. The Kier molecular flexibility index (Phi) is 5.34. The van der Waals surface area contributed by atoms with Gasteiger partial charge in [0.2, 0.25) is 5.90 Å². The topological polar surface area (TPSA) is 79.2 Å². The van der Waals surface area contributed by atoms with Crippen LogP contribution in [0.4, 0.5) is 17.6 Å². The summed E-state index contributed by atoms with van der Waals surface area (Å²) in [6.45, 7) is 0. The van der Waals surface area contributed by atoms with Gasteiger partial charge in [0.25, 0.3) is 0 Å². The fourth-order valence-corrected chi connectivity index (χ4v) is 2.32. The molecule has 0 radical (unpaired) electrons. The molecule has 0 bridgehead atoms. The molecule has 0 saturated carbocycles. The number of hydrogen-bond donors (Lipinski definition) is 0. The second kappa shape index (κ2) is 7.71. The third-order valence-electron chi connectivity index (χ3n) is 3.56. The first-order valence-electron chi connectivity index (χ1n) is 7.75. The quantitative estimate of drug-likeness (QED) is 0.575. The molecule has 1 aliphatic rings. The number of alkyl halides is 3. The Morgan fingerprint density at radius 2 is 2.04 bits per heavy atom. The number of carbonyl (C=O) groups excluding carboxylic acids is 1. The van der Waals surface area contributed by atoms with E-state index in [4.69, 9.17) is 9.57 Å². The summed E-state index contributed by atoms with van der Waals surface area (Å²) in [4.78, 5) is 20.3. The molecule has 0 fully saturated rings. The van der Waals surface area contributed by atoms with Crippen LogP contribution in [0.2, 0.25) is 0 Å². The minimum absolute atomic E-state index is 0.0916. The SMILES string of the molecule is COC(=O)c1ccc(OC2=NO[C@@H](c3ccc(OC(F)(F)F)c(F)c3)C2)cn1. The molecule has 11 heteroatoms. The van der Waals surface area contributed by atoms with E-state index in [0.29, 0.717) is 0 Å². The van der Waals surface area contributed by atoms with Crippen molar-refractivity contribution in [3.8, 4) is 11.5 Å². The van der Waals surface area contributed by atoms with E-state index in [9.17, 15) is 22.4 Å². The van der Waals surface area contributed by atoms with Gasteiger partial charge in [-0.3, -0.25) is 0 Å². The van der Waals surface area contributed by atoms with Crippen molar-refractivity contribution in [3.05, 3.63) is 53.6 Å². The maximum atomic E-state index is 13.8. The van der Waals surface area contributed by atoms with Crippen molar-refractivity contribution in [1.82, 2.24) is 4.98 Å². The van der Waals surface area contributed by atoms with Crippen LogP contribution in [0.25, 0.3) is 0 Å². The molecule has 0 aliphatic carbocycles. The lowest BCUT2D eigenvalue weighted by atomic mass is 10.1. The number of esters is 1. The molecular weight excluding hydrogens is 388 g/mol. The highest BCUT2D eigenvalue weighted by molar-refractivity contribution is 5.87. The Labute approximate surface area is 155 Å². The molecule has 148 valence electrons. The van der Waals surface area contributed by atoms with E-state index in [1.165, 1.54) is 31.5 Å². The standard InChI is InChI=1S/C17H12F4N2O5/c1-25-16(24)12-4-3-10(8-22-12)26-15-7-14(28-23-15)9-2-5-13(11(18)6-9)27-17(19,20)21/h2-6,8,14H,7H2,1H3/t14-/m1/s1. The number of rotatable bonds is 4. The van der Waals surface area contributed by atoms with Crippen LogP contribution in [-0.4, -0.2) is 30.3 Å². The zero-order valence-electron chi connectivity index (χ0n) is 14.2. The second-order valence-corrected chi connectivity index (χ2v) is 5.49. The normalized spacial score (nSPS) is 16.2. The highest BCUT2D eigenvalue weighted by Crippen LogP contribution is 2.32. The monoisotopic (exact) mass is 400 g/mol. The fourth-order valence-electron chi connectivity index (χ4n) is 2.32. The van der Waals surface area contributed by atoms with Gasteiger partial charge >= 0.3 is 12.3 Å². The van der Waals surface area contributed by atoms with Gasteiger partial charge in [-0.1, -0.05) is 11.2 Å². The first-order chi connectivity index (χ1) is 13.2. The summed E-state index contributed by atoms with van der Waals surface area (Å²) < 4.78 is 64.0. The number of halogens is 4. The van der Waals surface area contributed by atoms with Gasteiger partial charge in [0.05, 0.1) is 19.7 Å². The highest BCUT2D eigenvalue weighted by Gasteiger charge is 2.33. The number of hydrogen-bond acceptors (Lipinski definition) is 7. The maximum Gasteiger partial charge on any atom is 0.573 e. The van der Waals surface area contributed by atoms with Crippen molar-refractivity contribution in [2.24, 2.45) is 5.16 Å². The van der Waals surface area contributed by atoms with Crippen LogP contribution >= 0.6 is 0 Å². The zero-order valence-corrected chi connectivity index (χ0v) is 14.2. The number of ether oxygens (including phenoxy) is 3. The van der Waals surface area contributed by atoms with Gasteiger partial charge in [0.1, 0.15) is 11.4 Å². The average Bonchev–Trinajstić information content (AvgIpc) is 3.11. The number of pyridine rings is 1. The molecule has 3 rings (SSSR count). The number of nitrogens with zero attached hydrogens (tertiary/aromatic N) is 2. The van der Waals surface area contributed by atoms with Crippen LogP contribution in [0.5, 0.6) is 11.5 Å². The minimum atomic E-state index is -4.99. The van der Waals surface area contributed by atoms with E-state index < -0.39 is 30.0 Å². The third-order valence-corrected chi connectivity index (χ3v) is 3.56. The lowest BCUT2D eigenvalue weighted by molar-refractivity contribution is -0.275. The van der Waals surface area contributed by atoms with Crippen molar-refractivity contribution < 1.29 is 41.4 Å². The summed E-state index contributed by atoms with van der Waals surface area (Å²) in [6, 6.07) is 5.83. The largest absolute Gasteiger partial charge is 0.573 e. The Bertz CT molecular complexity index is 899. The summed E-state index contributed by atoms with van der Waals surface area (Å²) >= 11 is 0. The average molecular weight is 400 g/mol. The summed E-state index contributed by atoms with van der Waals surface area (Å²) in [5, 5.41) is 3.72. The smallest absolute Gasteiger partial charge is 0.464 e. The predicted octanol–water partition coefficient (Wildman–Crippen LogP) is 3.76. The van der Waals surface area contributed by atoms with E-state index in [1.54, 1.807) is 0 Å². The van der Waals surface area contributed by atoms with Crippen molar-refractivity contribution in [2.45, 2.75) is 18.9 Å². The van der Waals surface area contributed by atoms with Gasteiger partial charge in [-0.15, -0.1) is 13.2 Å². The molecule has 7 nitrogen and oxygen atoms in total. The van der Waals surface area contributed by atoms with Crippen LogP contribution in [0.1, 0.15) is 28.6 Å². The Morgan fingerprint density at radius 3 is 2.64 bits per heavy atom. The molecule has 0 spiro atoms. The molecule has 0 N–H and O–H groups in total. The van der Waals surface area contributed by atoms with Crippen LogP contribution in [0.15, 0.2) is 41.7 Å². The second-order valence-electron chi connectivity index (χ2n) is 5.49. The van der Waals surface area contributed by atoms with Crippen molar-refractivity contribution >= 4 is 11.9 Å². The maximum absolute atomic E-state index is 13.8. The number of aromatic nitrogens is 1. The molecule has 1 aliphatic heterocycles. The lowest BCUT2D eigenvalue weighted by Crippen LogP contribution is -2.18. The molecule has 2 aromatic rings. The Hall–Kier alpha value is -3.37. The Balaban J connectivity index is 1.62. The number of benzene rings is 1. The minimum Gasteiger partial charge on any atom is -0.464 e. The van der Waals surface area contributed by atoms with E-state index in [0.717, 1.165) is 12.1 Å². The van der Waals surface area contributed by atoms with Gasteiger partial charge in [-0.25, -0.2) is 14.2 Å². The van der Waals surface area contributed by atoms with Crippen molar-refractivity contribution in [2.75, 3.05) is 7.11 Å². The Morgan fingerprint density at radius 1 is 1.25 bits per heavy atom. The van der Waals surface area contributed by atoms with Gasteiger partial charge in [-0.05, 0) is 29.8 Å². The van der Waals surface area contributed by atoms with Gasteiger partial charge < -0.3 is 19.0 Å². The van der Waals surface area contributed by atoms with Crippen LogP contribution < -0.4 is 9.47 Å². The number of methoxy groups -OCH3 is 1. The highest BCUT2D eigenvalue weighted by atomic mass is 19.4. The van der Waals surface area contributed by atoms with Gasteiger partial charge in [-0.2, -0.15) is 0 Å². The van der Waals surface area contributed by atoms with E-state index >= 15 is 0 Å². The van der Waals surface area contributed by atoms with E-state index in [-0.39, 0.29) is 29.3 Å². The molecule has 1 aromatic heterocycles. The summed E-state index contributed by atoms with van der Waals surface area (Å²) in [7, 11) is 1.23. The zero-order chi connectivity index (χ0) is 20.3.